The molecule has 0 radical (unpaired) electrons. The molecule has 1 aromatic heterocycles. The zero-order chi connectivity index (χ0) is 11.7. The number of nitrogens with two attached hydrogens (primary N) is 1. The zero-order valence-electron chi connectivity index (χ0n) is 10.3. The minimum atomic E-state index is 0.437. The van der Waals surface area contributed by atoms with Gasteiger partial charge in [-0.25, -0.2) is 0 Å². The first-order chi connectivity index (χ1) is 7.63. The summed E-state index contributed by atoms with van der Waals surface area (Å²) in [4.78, 5) is 0. The smallest absolute Gasteiger partial charge is 0.0482 e. The summed E-state index contributed by atoms with van der Waals surface area (Å²) in [5.41, 5.74) is 8.33. The van der Waals surface area contributed by atoms with Crippen molar-refractivity contribution in [1.82, 2.24) is 4.57 Å². The molecule has 2 nitrogen and oxygen atoms in total. The van der Waals surface area contributed by atoms with E-state index in [0.717, 1.165) is 0 Å². The maximum Gasteiger partial charge on any atom is 0.0482 e. The summed E-state index contributed by atoms with van der Waals surface area (Å²) in [5, 5.41) is 1.31. The predicted molar refractivity (Wildman–Crippen MR) is 69.8 cm³/mol. The minimum absolute atomic E-state index is 0.437. The van der Waals surface area contributed by atoms with E-state index in [4.69, 9.17) is 5.73 Å². The quantitative estimate of drug-likeness (QED) is 0.838. The van der Waals surface area contributed by atoms with Crippen LogP contribution in [0.1, 0.15) is 38.3 Å². The Hall–Kier alpha value is -1.28. The van der Waals surface area contributed by atoms with Gasteiger partial charge in [0, 0.05) is 17.8 Å². The molecule has 0 fully saturated rings. The van der Waals surface area contributed by atoms with Crippen molar-refractivity contribution in [3.8, 4) is 0 Å². The normalized spacial score (nSPS) is 13.6. The highest BCUT2D eigenvalue weighted by atomic mass is 15.0. The van der Waals surface area contributed by atoms with Crippen LogP contribution in [0.15, 0.2) is 30.5 Å². The lowest BCUT2D eigenvalue weighted by Crippen LogP contribution is -2.08. The molecule has 0 aliphatic rings. The van der Waals surface area contributed by atoms with Crippen LogP contribution in [0.3, 0.4) is 0 Å². The molecule has 86 valence electrons. The third-order valence-electron chi connectivity index (χ3n) is 3.22. The number of benzene rings is 1. The number of hydrogen-bond acceptors (Lipinski definition) is 1. The molecule has 0 aliphatic carbocycles. The predicted octanol–water partition coefficient (Wildman–Crippen LogP) is 3.28. The summed E-state index contributed by atoms with van der Waals surface area (Å²) in [6.07, 6.45) is 2.16. The fourth-order valence-corrected chi connectivity index (χ4v) is 2.08. The van der Waals surface area contributed by atoms with Gasteiger partial charge in [0.1, 0.15) is 0 Å². The molecule has 0 bridgehead atoms. The summed E-state index contributed by atoms with van der Waals surface area (Å²) in [6.45, 7) is 7.28. The van der Waals surface area contributed by atoms with Crippen LogP contribution in [-0.2, 0) is 0 Å². The number of hydrogen-bond donors (Lipinski definition) is 1. The van der Waals surface area contributed by atoms with Crippen molar-refractivity contribution in [2.24, 2.45) is 5.73 Å². The molecular weight excluding hydrogens is 196 g/mol. The minimum Gasteiger partial charge on any atom is -0.345 e. The molecule has 0 amide bonds. The van der Waals surface area contributed by atoms with Gasteiger partial charge in [0.15, 0.2) is 0 Å². The van der Waals surface area contributed by atoms with Crippen molar-refractivity contribution >= 4 is 10.9 Å². The summed E-state index contributed by atoms with van der Waals surface area (Å²) in [5.74, 6) is 0.437. The third kappa shape index (κ3) is 1.85. The summed E-state index contributed by atoms with van der Waals surface area (Å²) in [7, 11) is 0. The van der Waals surface area contributed by atoms with Gasteiger partial charge in [0.2, 0.25) is 0 Å². The van der Waals surface area contributed by atoms with Crippen LogP contribution in [0.2, 0.25) is 0 Å². The van der Waals surface area contributed by atoms with Crippen molar-refractivity contribution < 1.29 is 0 Å². The second kappa shape index (κ2) is 4.30. The molecule has 0 saturated heterocycles. The summed E-state index contributed by atoms with van der Waals surface area (Å²) in [6, 6.07) is 9.35. The largest absolute Gasteiger partial charge is 0.345 e. The average Bonchev–Trinajstić information content (AvgIpc) is 2.70. The van der Waals surface area contributed by atoms with E-state index in [1.54, 1.807) is 0 Å². The third-order valence-corrected chi connectivity index (χ3v) is 3.22. The second-order valence-electron chi connectivity index (χ2n) is 4.77. The van der Waals surface area contributed by atoms with Gasteiger partial charge in [0.25, 0.3) is 0 Å². The molecule has 1 atom stereocenters. The van der Waals surface area contributed by atoms with Gasteiger partial charge >= 0.3 is 0 Å². The van der Waals surface area contributed by atoms with Gasteiger partial charge in [-0.1, -0.05) is 13.0 Å². The number of rotatable bonds is 3. The van der Waals surface area contributed by atoms with Crippen LogP contribution in [0.5, 0.6) is 0 Å². The monoisotopic (exact) mass is 216 g/mol. The van der Waals surface area contributed by atoms with Crippen LogP contribution in [0.25, 0.3) is 10.9 Å². The fourth-order valence-electron chi connectivity index (χ4n) is 2.08. The van der Waals surface area contributed by atoms with Crippen molar-refractivity contribution in [1.29, 1.82) is 0 Å². The van der Waals surface area contributed by atoms with Crippen LogP contribution in [0, 0.1) is 0 Å². The van der Waals surface area contributed by atoms with Crippen LogP contribution < -0.4 is 5.73 Å². The Bertz CT molecular complexity index is 482. The molecule has 0 spiro atoms. The molecule has 2 aromatic rings. The molecule has 1 heterocycles. The highest BCUT2D eigenvalue weighted by Crippen LogP contribution is 2.24. The number of aromatic nitrogens is 1. The Morgan fingerprint density at radius 1 is 1.19 bits per heavy atom. The molecule has 1 aromatic carbocycles. The van der Waals surface area contributed by atoms with Crippen LogP contribution in [-0.4, -0.2) is 11.1 Å². The van der Waals surface area contributed by atoms with E-state index >= 15 is 0 Å². The first-order valence-corrected chi connectivity index (χ1v) is 5.94. The van der Waals surface area contributed by atoms with Gasteiger partial charge in [-0.3, -0.25) is 0 Å². The fraction of sp³-hybridized carbons (Fsp3) is 0.429. The summed E-state index contributed by atoms with van der Waals surface area (Å²) >= 11 is 0. The van der Waals surface area contributed by atoms with E-state index in [1.807, 2.05) is 0 Å². The maximum atomic E-state index is 5.70. The number of nitrogens with zero attached hydrogens (tertiary/aromatic N) is 1. The molecule has 2 rings (SSSR count). The second-order valence-corrected chi connectivity index (χ2v) is 4.77. The lowest BCUT2D eigenvalue weighted by Gasteiger charge is -2.11. The SMILES string of the molecule is CC(CN)c1ccc2c(ccn2C(C)C)c1. The summed E-state index contributed by atoms with van der Waals surface area (Å²) < 4.78 is 2.30. The first kappa shape index (κ1) is 11.2. The topological polar surface area (TPSA) is 30.9 Å². The van der Waals surface area contributed by atoms with E-state index in [9.17, 15) is 0 Å². The lowest BCUT2D eigenvalue weighted by molar-refractivity contribution is 0.623. The van der Waals surface area contributed by atoms with Gasteiger partial charge in [-0.05, 0) is 55.5 Å². The molecule has 0 aliphatic heterocycles. The molecule has 16 heavy (non-hydrogen) atoms. The Labute approximate surface area is 97.1 Å². The van der Waals surface area contributed by atoms with Crippen LogP contribution in [0.4, 0.5) is 0 Å². The van der Waals surface area contributed by atoms with E-state index in [0.29, 0.717) is 18.5 Å². The van der Waals surface area contributed by atoms with Crippen molar-refractivity contribution in [2.45, 2.75) is 32.7 Å². The highest BCUT2D eigenvalue weighted by molar-refractivity contribution is 5.81. The molecule has 1 unspecified atom stereocenters. The standard InChI is InChI=1S/C14H20N2/c1-10(2)16-7-6-13-8-12(11(3)9-15)4-5-14(13)16/h4-8,10-11H,9,15H2,1-3H3. The van der Waals surface area contributed by atoms with Gasteiger partial charge in [-0.2, -0.15) is 0 Å². The van der Waals surface area contributed by atoms with E-state index in [-0.39, 0.29) is 0 Å². The van der Waals surface area contributed by atoms with E-state index in [2.05, 4.69) is 55.8 Å². The first-order valence-electron chi connectivity index (χ1n) is 5.94. The Kier molecular flexibility index (Phi) is 3.01. The van der Waals surface area contributed by atoms with Gasteiger partial charge in [-0.15, -0.1) is 0 Å². The Morgan fingerprint density at radius 2 is 1.94 bits per heavy atom. The van der Waals surface area contributed by atoms with Gasteiger partial charge in [0.05, 0.1) is 0 Å². The Morgan fingerprint density at radius 3 is 2.56 bits per heavy atom. The maximum absolute atomic E-state index is 5.70. The van der Waals surface area contributed by atoms with Crippen LogP contribution >= 0.6 is 0 Å². The van der Waals surface area contributed by atoms with E-state index < -0.39 is 0 Å². The lowest BCUT2D eigenvalue weighted by atomic mass is 10.00. The van der Waals surface area contributed by atoms with Gasteiger partial charge < -0.3 is 10.3 Å². The van der Waals surface area contributed by atoms with Crippen molar-refractivity contribution in [2.75, 3.05) is 6.54 Å². The van der Waals surface area contributed by atoms with Crippen molar-refractivity contribution in [3.05, 3.63) is 36.0 Å². The van der Waals surface area contributed by atoms with E-state index in [1.165, 1.54) is 16.5 Å². The number of fused-ring (bicyclic) bond motifs is 1. The molecule has 2 N–H and O–H groups in total. The highest BCUT2D eigenvalue weighted by Gasteiger charge is 2.07. The average molecular weight is 216 g/mol. The van der Waals surface area contributed by atoms with Crippen molar-refractivity contribution in [3.63, 3.8) is 0 Å². The Balaban J connectivity index is 2.49. The molecule has 0 saturated carbocycles. The zero-order valence-corrected chi connectivity index (χ0v) is 10.3. The molecular formula is C14H20N2. The molecule has 2 heteroatoms.